The number of rotatable bonds is 7. The van der Waals surface area contributed by atoms with E-state index in [0.717, 1.165) is 0 Å². The molecule has 2 heteroatoms. The molecule has 0 saturated carbocycles. The predicted octanol–water partition coefficient (Wildman–Crippen LogP) is 4.87. The standard InChI is InChI=1S/C29H30Si2/c1-4-29(30(2,25-17-9-5-10-18-25)26-19-11-6-12-20-26)31(3,27-21-13-7-14-22-27)28-23-15-8-16-24-28/h4-24,29H,1H2,2-3H3. The molecule has 0 N–H and O–H groups in total. The Morgan fingerprint density at radius 1 is 0.484 bits per heavy atom. The van der Waals surface area contributed by atoms with Gasteiger partial charge in [-0.25, -0.2) is 0 Å². The molecule has 4 aromatic carbocycles. The molecule has 0 bridgehead atoms. The maximum Gasteiger partial charge on any atom is 0.119 e. The molecule has 0 amide bonds. The number of hydrogen-bond acceptors (Lipinski definition) is 0. The van der Waals surface area contributed by atoms with Gasteiger partial charge in [0.05, 0.1) is 0 Å². The highest BCUT2D eigenvalue weighted by Crippen LogP contribution is 2.33. The second-order valence-electron chi connectivity index (χ2n) is 8.58. The Kier molecular flexibility index (Phi) is 6.21. The van der Waals surface area contributed by atoms with E-state index in [1.165, 1.54) is 20.7 Å². The van der Waals surface area contributed by atoms with Crippen molar-refractivity contribution in [1.29, 1.82) is 0 Å². The lowest BCUT2D eigenvalue weighted by Gasteiger charge is -2.45. The lowest BCUT2D eigenvalue weighted by Crippen LogP contribution is -2.71. The molecule has 0 radical (unpaired) electrons. The molecule has 4 aromatic rings. The summed E-state index contributed by atoms with van der Waals surface area (Å²) in [6, 6.07) is 44.7. The highest BCUT2D eigenvalue weighted by molar-refractivity contribution is 7.18. The summed E-state index contributed by atoms with van der Waals surface area (Å²) in [7, 11) is -4.38. The van der Waals surface area contributed by atoms with Crippen LogP contribution in [-0.2, 0) is 0 Å². The Morgan fingerprint density at radius 3 is 0.903 bits per heavy atom. The zero-order valence-electron chi connectivity index (χ0n) is 18.4. The summed E-state index contributed by atoms with van der Waals surface area (Å²) in [4.78, 5) is 0. The van der Waals surface area contributed by atoms with E-state index in [9.17, 15) is 0 Å². The van der Waals surface area contributed by atoms with Gasteiger partial charge < -0.3 is 0 Å². The predicted molar refractivity (Wildman–Crippen MR) is 141 cm³/mol. The highest BCUT2D eigenvalue weighted by atomic mass is 28.4. The maximum atomic E-state index is 4.46. The van der Waals surface area contributed by atoms with Crippen molar-refractivity contribution in [2.24, 2.45) is 0 Å². The Balaban J connectivity index is 2.03. The average molecular weight is 435 g/mol. The molecule has 0 spiro atoms. The molecule has 31 heavy (non-hydrogen) atoms. The molecule has 0 aliphatic heterocycles. The molecule has 0 aliphatic rings. The van der Waals surface area contributed by atoms with Gasteiger partial charge >= 0.3 is 0 Å². The normalized spacial score (nSPS) is 12.0. The van der Waals surface area contributed by atoms with E-state index >= 15 is 0 Å². The van der Waals surface area contributed by atoms with Crippen LogP contribution in [-0.4, -0.2) is 16.1 Å². The fourth-order valence-electron chi connectivity index (χ4n) is 5.24. The quantitative estimate of drug-likeness (QED) is 0.288. The van der Waals surface area contributed by atoms with Gasteiger partial charge in [-0.05, 0) is 5.16 Å². The van der Waals surface area contributed by atoms with Crippen molar-refractivity contribution in [3.8, 4) is 0 Å². The third-order valence-electron chi connectivity index (χ3n) is 6.97. The monoisotopic (exact) mass is 434 g/mol. The fraction of sp³-hybridized carbons (Fsp3) is 0.103. The minimum Gasteiger partial charge on any atom is -0.103 e. The second-order valence-corrected chi connectivity index (χ2v) is 17.5. The van der Waals surface area contributed by atoms with Crippen molar-refractivity contribution in [3.05, 3.63) is 134 Å². The van der Waals surface area contributed by atoms with E-state index in [2.05, 4.69) is 147 Å². The minimum atomic E-state index is -2.19. The van der Waals surface area contributed by atoms with Gasteiger partial charge in [0.1, 0.15) is 16.1 Å². The second kappa shape index (κ2) is 9.05. The van der Waals surface area contributed by atoms with E-state index in [1.807, 2.05) is 0 Å². The molecule has 0 atom stereocenters. The van der Waals surface area contributed by atoms with Crippen LogP contribution in [0.5, 0.6) is 0 Å². The number of benzene rings is 4. The fourth-order valence-corrected chi connectivity index (χ4v) is 18.4. The third-order valence-corrected chi connectivity index (χ3v) is 19.5. The summed E-state index contributed by atoms with van der Waals surface area (Å²) in [6.07, 6.45) is 2.29. The summed E-state index contributed by atoms with van der Waals surface area (Å²) in [6.45, 7) is 9.55. The molecule has 0 fully saturated rings. The summed E-state index contributed by atoms with van der Waals surface area (Å²) in [5.41, 5.74) is 0. The van der Waals surface area contributed by atoms with Crippen molar-refractivity contribution < 1.29 is 0 Å². The van der Waals surface area contributed by atoms with Crippen LogP contribution in [0.15, 0.2) is 134 Å². The minimum absolute atomic E-state index is 0.384. The summed E-state index contributed by atoms with van der Waals surface area (Å²) in [5, 5.41) is 6.26. The van der Waals surface area contributed by atoms with E-state index in [4.69, 9.17) is 0 Å². The Hall–Kier alpha value is -2.95. The van der Waals surface area contributed by atoms with Gasteiger partial charge in [-0.2, -0.15) is 0 Å². The maximum absolute atomic E-state index is 4.46. The van der Waals surface area contributed by atoms with E-state index in [1.54, 1.807) is 0 Å². The Bertz CT molecular complexity index is 939. The first kappa shape index (κ1) is 21.3. The smallest absolute Gasteiger partial charge is 0.103 e. The van der Waals surface area contributed by atoms with Gasteiger partial charge in [0, 0.05) is 0 Å². The molecule has 154 valence electrons. The van der Waals surface area contributed by atoms with Crippen molar-refractivity contribution in [3.63, 3.8) is 0 Å². The van der Waals surface area contributed by atoms with Gasteiger partial charge in [0.2, 0.25) is 0 Å². The van der Waals surface area contributed by atoms with Crippen molar-refractivity contribution in [2.75, 3.05) is 0 Å². The highest BCUT2D eigenvalue weighted by Gasteiger charge is 2.51. The molecule has 0 heterocycles. The number of hydrogen-bond donors (Lipinski definition) is 0. The SMILES string of the molecule is C=CC([Si](C)(c1ccccc1)c1ccccc1)[Si](C)(c1ccccc1)c1ccccc1. The first-order chi connectivity index (χ1) is 15.1. The zero-order valence-corrected chi connectivity index (χ0v) is 20.4. The molecule has 0 aliphatic carbocycles. The molecular formula is C29H30Si2. The van der Waals surface area contributed by atoms with E-state index in [0.29, 0.717) is 5.16 Å². The molecule has 0 saturated heterocycles. The lowest BCUT2D eigenvalue weighted by atomic mass is 10.4. The zero-order chi connectivity index (χ0) is 21.7. The number of allylic oxidation sites excluding steroid dienone is 1. The topological polar surface area (TPSA) is 0 Å². The van der Waals surface area contributed by atoms with Gasteiger partial charge in [-0.15, -0.1) is 6.58 Å². The Morgan fingerprint density at radius 2 is 0.710 bits per heavy atom. The van der Waals surface area contributed by atoms with E-state index < -0.39 is 16.1 Å². The van der Waals surface area contributed by atoms with Crippen LogP contribution in [0.2, 0.25) is 18.3 Å². The third kappa shape index (κ3) is 3.78. The van der Waals surface area contributed by atoms with Gasteiger partial charge in [0.15, 0.2) is 0 Å². The summed E-state index contributed by atoms with van der Waals surface area (Å²) < 4.78 is 0. The van der Waals surface area contributed by atoms with Crippen LogP contribution in [0.25, 0.3) is 0 Å². The van der Waals surface area contributed by atoms with Crippen LogP contribution < -0.4 is 20.7 Å². The van der Waals surface area contributed by atoms with Crippen molar-refractivity contribution in [2.45, 2.75) is 18.3 Å². The van der Waals surface area contributed by atoms with Crippen molar-refractivity contribution >= 4 is 36.9 Å². The Labute approximate surface area is 188 Å². The summed E-state index contributed by atoms with van der Waals surface area (Å²) >= 11 is 0. The van der Waals surface area contributed by atoms with Gasteiger partial charge in [-0.3, -0.25) is 0 Å². The van der Waals surface area contributed by atoms with Crippen LogP contribution >= 0.6 is 0 Å². The van der Waals surface area contributed by atoms with Crippen LogP contribution in [0.1, 0.15) is 0 Å². The average Bonchev–Trinajstić information content (AvgIpc) is 2.86. The summed E-state index contributed by atoms with van der Waals surface area (Å²) in [5.74, 6) is 0. The van der Waals surface area contributed by atoms with Crippen LogP contribution in [0.4, 0.5) is 0 Å². The van der Waals surface area contributed by atoms with Gasteiger partial charge in [0.25, 0.3) is 0 Å². The molecule has 4 rings (SSSR count). The first-order valence-corrected chi connectivity index (χ1v) is 16.1. The van der Waals surface area contributed by atoms with Gasteiger partial charge in [-0.1, -0.05) is 161 Å². The molecular weight excluding hydrogens is 404 g/mol. The molecule has 0 unspecified atom stereocenters. The molecule has 0 aromatic heterocycles. The van der Waals surface area contributed by atoms with Crippen molar-refractivity contribution in [1.82, 2.24) is 0 Å². The first-order valence-electron chi connectivity index (χ1n) is 11.0. The van der Waals surface area contributed by atoms with Crippen LogP contribution in [0, 0.1) is 0 Å². The van der Waals surface area contributed by atoms with Crippen LogP contribution in [0.3, 0.4) is 0 Å². The lowest BCUT2D eigenvalue weighted by molar-refractivity contribution is 1.37. The molecule has 0 nitrogen and oxygen atoms in total. The largest absolute Gasteiger partial charge is 0.119 e. The van der Waals surface area contributed by atoms with E-state index in [-0.39, 0.29) is 0 Å².